The first kappa shape index (κ1) is 12.9. The third-order valence-corrected chi connectivity index (χ3v) is 2.39. The van der Waals surface area contributed by atoms with Gasteiger partial charge < -0.3 is 10.6 Å². The van der Waals surface area contributed by atoms with Crippen molar-refractivity contribution in [1.82, 2.24) is 15.6 Å². The van der Waals surface area contributed by atoms with Crippen LogP contribution in [0.1, 0.15) is 5.69 Å². The second-order valence-electron chi connectivity index (χ2n) is 3.11. The lowest BCUT2D eigenvalue weighted by Gasteiger charge is -2.03. The maximum absolute atomic E-state index is 4.24. The molecule has 0 saturated heterocycles. The smallest absolute Gasteiger partial charge is 0.103 e. The Morgan fingerprint density at radius 2 is 2.38 bits per heavy atom. The lowest BCUT2D eigenvalue weighted by Crippen LogP contribution is -2.21. The molecule has 1 aromatic rings. The van der Waals surface area contributed by atoms with E-state index in [9.17, 15) is 0 Å². The van der Waals surface area contributed by atoms with Gasteiger partial charge in [-0.05, 0) is 41.8 Å². The van der Waals surface area contributed by atoms with Crippen molar-refractivity contribution in [2.75, 3.05) is 20.1 Å². The van der Waals surface area contributed by atoms with Gasteiger partial charge in [0.05, 0.1) is 5.69 Å². The minimum Gasteiger partial charge on any atom is -0.388 e. The minimum absolute atomic E-state index is 0.739. The summed E-state index contributed by atoms with van der Waals surface area (Å²) in [4.78, 5) is 8.18. The molecule has 0 amide bonds. The molecule has 0 aromatic carbocycles. The van der Waals surface area contributed by atoms with Gasteiger partial charge in [0.15, 0.2) is 0 Å². The van der Waals surface area contributed by atoms with Gasteiger partial charge >= 0.3 is 0 Å². The standard InChI is InChI=1S/C11H15BrN4/c1-13-5-6-15-8-11(14-2)10-4-3-9(12)7-16-10/h3-4,7-8,13,15H,2,5-6H2,1H3/b11-8-. The van der Waals surface area contributed by atoms with Gasteiger partial charge in [-0.25, -0.2) is 0 Å². The van der Waals surface area contributed by atoms with Gasteiger partial charge in [0, 0.05) is 30.0 Å². The summed E-state index contributed by atoms with van der Waals surface area (Å²) in [6.45, 7) is 5.27. The van der Waals surface area contributed by atoms with Crippen LogP contribution in [0.3, 0.4) is 0 Å². The zero-order valence-corrected chi connectivity index (χ0v) is 10.8. The summed E-state index contributed by atoms with van der Waals surface area (Å²) in [5.74, 6) is 0. The molecule has 0 aliphatic rings. The Morgan fingerprint density at radius 3 is 2.94 bits per heavy atom. The SMILES string of the molecule is C=N/C(=C\NCCNC)c1ccc(Br)cn1. The number of likely N-dealkylation sites (N-methyl/N-ethyl adjacent to an activating group) is 1. The van der Waals surface area contributed by atoms with Crippen LogP contribution in [0.5, 0.6) is 0 Å². The summed E-state index contributed by atoms with van der Waals surface area (Å²) in [5.41, 5.74) is 1.54. The van der Waals surface area contributed by atoms with Gasteiger partial charge in [-0.1, -0.05) is 0 Å². The monoisotopic (exact) mass is 282 g/mol. The third kappa shape index (κ3) is 4.12. The van der Waals surface area contributed by atoms with Gasteiger partial charge in [-0.15, -0.1) is 0 Å². The maximum atomic E-state index is 4.24. The van der Waals surface area contributed by atoms with E-state index >= 15 is 0 Å². The Kier molecular flexibility index (Phi) is 5.74. The summed E-state index contributed by atoms with van der Waals surface area (Å²) in [5, 5.41) is 6.19. The van der Waals surface area contributed by atoms with Gasteiger partial charge in [0.25, 0.3) is 0 Å². The summed E-state index contributed by atoms with van der Waals surface area (Å²) in [6, 6.07) is 3.82. The highest BCUT2D eigenvalue weighted by atomic mass is 79.9. The summed E-state index contributed by atoms with van der Waals surface area (Å²) in [6.07, 6.45) is 3.56. The molecule has 1 rings (SSSR count). The fraction of sp³-hybridized carbons (Fsp3) is 0.273. The second-order valence-corrected chi connectivity index (χ2v) is 4.02. The molecule has 0 saturated carbocycles. The van der Waals surface area contributed by atoms with Crippen LogP contribution in [-0.2, 0) is 0 Å². The summed E-state index contributed by atoms with van der Waals surface area (Å²) < 4.78 is 0.947. The number of hydrogen-bond donors (Lipinski definition) is 2. The number of halogens is 1. The Labute approximate surface area is 104 Å². The highest BCUT2D eigenvalue weighted by molar-refractivity contribution is 9.10. The lowest BCUT2D eigenvalue weighted by molar-refractivity contribution is 0.740. The van der Waals surface area contributed by atoms with Crippen molar-refractivity contribution in [2.45, 2.75) is 0 Å². The summed E-state index contributed by atoms with van der Waals surface area (Å²) in [7, 11) is 1.91. The molecule has 16 heavy (non-hydrogen) atoms. The van der Waals surface area contributed by atoms with E-state index in [1.54, 1.807) is 6.20 Å². The predicted molar refractivity (Wildman–Crippen MR) is 71.4 cm³/mol. The molecule has 1 heterocycles. The molecule has 0 atom stereocenters. The molecule has 2 N–H and O–H groups in total. The van der Waals surface area contributed by atoms with E-state index in [1.807, 2.05) is 25.4 Å². The molecule has 86 valence electrons. The zero-order valence-electron chi connectivity index (χ0n) is 9.20. The van der Waals surface area contributed by atoms with E-state index in [2.05, 4.69) is 43.3 Å². The molecule has 1 aromatic heterocycles. The van der Waals surface area contributed by atoms with Crippen molar-refractivity contribution in [2.24, 2.45) is 4.99 Å². The highest BCUT2D eigenvalue weighted by Crippen LogP contribution is 2.14. The van der Waals surface area contributed by atoms with Crippen LogP contribution in [0.4, 0.5) is 0 Å². The first-order valence-electron chi connectivity index (χ1n) is 4.94. The molecule has 4 nitrogen and oxygen atoms in total. The van der Waals surface area contributed by atoms with Crippen LogP contribution >= 0.6 is 15.9 Å². The Morgan fingerprint density at radius 1 is 1.56 bits per heavy atom. The largest absolute Gasteiger partial charge is 0.388 e. The number of rotatable bonds is 6. The predicted octanol–water partition coefficient (Wildman–Crippen LogP) is 1.65. The molecule has 0 unspecified atom stereocenters. The number of nitrogens with one attached hydrogen (secondary N) is 2. The van der Waals surface area contributed by atoms with Crippen molar-refractivity contribution in [1.29, 1.82) is 0 Å². The van der Waals surface area contributed by atoms with Crippen LogP contribution in [0.2, 0.25) is 0 Å². The molecular weight excluding hydrogens is 268 g/mol. The number of aromatic nitrogens is 1. The lowest BCUT2D eigenvalue weighted by atomic mass is 10.3. The van der Waals surface area contributed by atoms with Crippen LogP contribution in [0, 0.1) is 0 Å². The quantitative estimate of drug-likeness (QED) is 0.616. The van der Waals surface area contributed by atoms with Crippen LogP contribution < -0.4 is 10.6 Å². The van der Waals surface area contributed by atoms with Crippen molar-refractivity contribution >= 4 is 28.3 Å². The average Bonchev–Trinajstić information content (AvgIpc) is 2.31. The van der Waals surface area contributed by atoms with E-state index in [4.69, 9.17) is 0 Å². The highest BCUT2D eigenvalue weighted by Gasteiger charge is 1.99. The average molecular weight is 283 g/mol. The normalized spacial score (nSPS) is 11.2. The number of pyridine rings is 1. The Bertz CT molecular complexity index is 359. The van der Waals surface area contributed by atoms with Crippen molar-refractivity contribution in [3.8, 4) is 0 Å². The molecule has 5 heteroatoms. The number of nitrogens with zero attached hydrogens (tertiary/aromatic N) is 2. The molecule has 0 aliphatic carbocycles. The topological polar surface area (TPSA) is 49.3 Å². The maximum Gasteiger partial charge on any atom is 0.103 e. The van der Waals surface area contributed by atoms with E-state index in [1.165, 1.54) is 0 Å². The Balaban J connectivity index is 2.66. The van der Waals surface area contributed by atoms with E-state index in [0.29, 0.717) is 0 Å². The fourth-order valence-corrected chi connectivity index (χ4v) is 1.33. The first-order chi connectivity index (χ1) is 7.77. The van der Waals surface area contributed by atoms with Crippen LogP contribution in [0.25, 0.3) is 5.70 Å². The van der Waals surface area contributed by atoms with Crippen molar-refractivity contribution in [3.05, 3.63) is 34.7 Å². The van der Waals surface area contributed by atoms with E-state index in [-0.39, 0.29) is 0 Å². The van der Waals surface area contributed by atoms with E-state index in [0.717, 1.165) is 29.0 Å². The molecule has 0 fully saturated rings. The van der Waals surface area contributed by atoms with Crippen LogP contribution in [0.15, 0.2) is 34.0 Å². The molecular formula is C11H15BrN4. The van der Waals surface area contributed by atoms with Crippen LogP contribution in [-0.4, -0.2) is 31.8 Å². The molecule has 0 bridgehead atoms. The minimum atomic E-state index is 0.739. The fourth-order valence-electron chi connectivity index (χ4n) is 1.09. The third-order valence-electron chi connectivity index (χ3n) is 1.92. The van der Waals surface area contributed by atoms with Gasteiger partial charge in [-0.2, -0.15) is 0 Å². The van der Waals surface area contributed by atoms with Gasteiger partial charge in [0.1, 0.15) is 5.70 Å². The first-order valence-corrected chi connectivity index (χ1v) is 5.74. The number of hydrogen-bond acceptors (Lipinski definition) is 4. The molecule has 0 radical (unpaired) electrons. The number of aliphatic imine (C=N–C) groups is 1. The van der Waals surface area contributed by atoms with Gasteiger partial charge in [0.2, 0.25) is 0 Å². The molecule has 0 aliphatic heterocycles. The van der Waals surface area contributed by atoms with Crippen molar-refractivity contribution < 1.29 is 0 Å². The second kappa shape index (κ2) is 7.14. The van der Waals surface area contributed by atoms with Crippen molar-refractivity contribution in [3.63, 3.8) is 0 Å². The summed E-state index contributed by atoms with van der Waals surface area (Å²) >= 11 is 3.34. The van der Waals surface area contributed by atoms with E-state index < -0.39 is 0 Å². The zero-order chi connectivity index (χ0) is 11.8. The molecule has 0 spiro atoms. The van der Waals surface area contributed by atoms with Gasteiger partial charge in [-0.3, -0.25) is 9.98 Å². The Hall–Kier alpha value is -1.20.